The summed E-state index contributed by atoms with van der Waals surface area (Å²) in [5.74, 6) is 0.785. The maximum Gasteiger partial charge on any atom is 0.166 e. The minimum Gasteiger partial charge on any atom is -0.409 e. The van der Waals surface area contributed by atoms with Gasteiger partial charge in [-0.25, -0.2) is 0 Å². The van der Waals surface area contributed by atoms with E-state index in [0.717, 1.165) is 17.0 Å². The summed E-state index contributed by atoms with van der Waals surface area (Å²) in [6, 6.07) is 7.97. The summed E-state index contributed by atoms with van der Waals surface area (Å²) in [5, 5.41) is 0. The molecule has 0 aromatic heterocycles. The van der Waals surface area contributed by atoms with Crippen molar-refractivity contribution in [2.75, 3.05) is 0 Å². The Morgan fingerprint density at radius 3 is 2.08 bits per heavy atom. The van der Waals surface area contributed by atoms with Crippen molar-refractivity contribution in [2.45, 2.75) is 26.2 Å². The smallest absolute Gasteiger partial charge is 0.166 e. The molecule has 13 heavy (non-hydrogen) atoms. The maximum absolute atomic E-state index is 5.36. The Hall–Kier alpha value is -0.340. The van der Waals surface area contributed by atoms with E-state index in [9.17, 15) is 0 Å². The number of rotatable bonds is 2. The van der Waals surface area contributed by atoms with Crippen LogP contribution in [0.3, 0.4) is 0 Å². The van der Waals surface area contributed by atoms with Gasteiger partial charge in [0, 0.05) is 10.7 Å². The molecule has 0 spiro atoms. The zero-order valence-electron chi connectivity index (χ0n) is 8.00. The molecule has 0 saturated carbocycles. The van der Waals surface area contributed by atoms with Crippen LogP contribution in [-0.2, 0) is 5.41 Å². The van der Waals surface area contributed by atoms with E-state index in [4.69, 9.17) is 14.9 Å². The van der Waals surface area contributed by atoms with Crippen molar-refractivity contribution in [3.05, 3.63) is 29.8 Å². The lowest BCUT2D eigenvalue weighted by Crippen LogP contribution is -2.10. The first-order valence-corrected chi connectivity index (χ1v) is 5.66. The molecule has 0 amide bonds. The van der Waals surface area contributed by atoms with Crippen molar-refractivity contribution in [3.63, 3.8) is 0 Å². The molecule has 0 aliphatic heterocycles. The van der Waals surface area contributed by atoms with Gasteiger partial charge in [0.05, 0.1) is 0 Å². The molecule has 0 saturated heterocycles. The molecule has 1 rings (SSSR count). The van der Waals surface area contributed by atoms with Crippen LogP contribution < -0.4 is 4.18 Å². The predicted molar refractivity (Wildman–Crippen MR) is 59.2 cm³/mol. The zero-order valence-corrected chi connectivity index (χ0v) is 9.58. The summed E-state index contributed by atoms with van der Waals surface area (Å²) in [7, 11) is 5.36. The van der Waals surface area contributed by atoms with Gasteiger partial charge in [-0.3, -0.25) is 0 Å². The Morgan fingerprint density at radius 2 is 1.69 bits per heavy atom. The van der Waals surface area contributed by atoms with E-state index in [-0.39, 0.29) is 5.41 Å². The second-order valence-electron chi connectivity index (χ2n) is 3.92. The molecule has 72 valence electrons. The van der Waals surface area contributed by atoms with Crippen LogP contribution in [0.1, 0.15) is 26.3 Å². The topological polar surface area (TPSA) is 9.23 Å². The molecular weight excluding hydrogens is 204 g/mol. The highest BCUT2D eigenvalue weighted by molar-refractivity contribution is 8.17. The minimum absolute atomic E-state index is 0.187. The summed E-state index contributed by atoms with van der Waals surface area (Å²) in [5.41, 5.74) is 1.48. The van der Waals surface area contributed by atoms with Crippen LogP contribution in [-0.4, -0.2) is 0 Å². The highest BCUT2D eigenvalue weighted by atomic mass is 35.7. The fourth-order valence-electron chi connectivity index (χ4n) is 1.05. The van der Waals surface area contributed by atoms with Gasteiger partial charge in [-0.15, -0.1) is 0 Å². The highest BCUT2D eigenvalue weighted by Crippen LogP contribution is 2.25. The number of hydrogen-bond acceptors (Lipinski definition) is 2. The molecule has 1 aromatic rings. The first-order valence-electron chi connectivity index (χ1n) is 4.10. The van der Waals surface area contributed by atoms with Gasteiger partial charge < -0.3 is 4.18 Å². The van der Waals surface area contributed by atoms with Crippen molar-refractivity contribution in [3.8, 4) is 5.75 Å². The van der Waals surface area contributed by atoms with Crippen LogP contribution in [0.5, 0.6) is 5.75 Å². The molecule has 0 fully saturated rings. The third-order valence-corrected chi connectivity index (χ3v) is 2.29. The average Bonchev–Trinajstić information content (AvgIpc) is 2.04. The normalized spacial score (nSPS) is 11.4. The number of hydrogen-bond donors (Lipinski definition) is 0. The molecule has 0 N–H and O–H groups in total. The van der Waals surface area contributed by atoms with E-state index in [1.807, 2.05) is 12.1 Å². The maximum atomic E-state index is 5.36. The van der Waals surface area contributed by atoms with Gasteiger partial charge in [-0.1, -0.05) is 32.9 Å². The van der Waals surface area contributed by atoms with Crippen LogP contribution in [0.15, 0.2) is 24.3 Å². The molecule has 0 bridgehead atoms. The number of benzene rings is 1. The van der Waals surface area contributed by atoms with Gasteiger partial charge in [0.25, 0.3) is 0 Å². The quantitative estimate of drug-likeness (QED) is 0.687. The summed E-state index contributed by atoms with van der Waals surface area (Å²) >= 11 is 0.840. The van der Waals surface area contributed by atoms with E-state index in [1.54, 1.807) is 0 Å². The SMILES string of the molecule is CC(C)(C)c1ccc(OSCl)cc1. The summed E-state index contributed by atoms with van der Waals surface area (Å²) in [6.45, 7) is 6.54. The molecule has 0 heterocycles. The highest BCUT2D eigenvalue weighted by Gasteiger charge is 2.12. The number of halogens is 1. The first-order chi connectivity index (χ1) is 6.04. The summed E-state index contributed by atoms with van der Waals surface area (Å²) < 4.78 is 5.06. The largest absolute Gasteiger partial charge is 0.409 e. The minimum atomic E-state index is 0.187. The van der Waals surface area contributed by atoms with Crippen molar-refractivity contribution in [2.24, 2.45) is 0 Å². The molecule has 0 aliphatic carbocycles. The third-order valence-electron chi connectivity index (χ3n) is 1.85. The van der Waals surface area contributed by atoms with Crippen molar-refractivity contribution in [1.29, 1.82) is 0 Å². The van der Waals surface area contributed by atoms with E-state index in [1.165, 1.54) is 5.56 Å². The predicted octanol–water partition coefficient (Wildman–Crippen LogP) is 4.16. The summed E-state index contributed by atoms with van der Waals surface area (Å²) in [4.78, 5) is 0. The standard InChI is InChI=1S/C10H13ClOS/c1-10(2,3)8-4-6-9(7-5-8)12-13-11/h4-7H,1-3H3. The van der Waals surface area contributed by atoms with Gasteiger partial charge >= 0.3 is 0 Å². The second-order valence-corrected chi connectivity index (χ2v) is 4.59. The Balaban J connectivity index is 2.81. The Bertz CT molecular complexity index is 263. The first kappa shape index (κ1) is 10.7. The molecule has 3 heteroatoms. The molecule has 0 aliphatic rings. The Kier molecular flexibility index (Phi) is 3.51. The second kappa shape index (κ2) is 4.25. The summed E-state index contributed by atoms with van der Waals surface area (Å²) in [6.07, 6.45) is 0. The van der Waals surface area contributed by atoms with Crippen LogP contribution in [0, 0.1) is 0 Å². The van der Waals surface area contributed by atoms with Gasteiger partial charge in [0.2, 0.25) is 0 Å². The molecule has 1 nitrogen and oxygen atoms in total. The lowest BCUT2D eigenvalue weighted by atomic mass is 9.87. The van der Waals surface area contributed by atoms with Gasteiger partial charge in [0.15, 0.2) is 11.3 Å². The molecule has 0 atom stereocenters. The third kappa shape index (κ3) is 3.12. The van der Waals surface area contributed by atoms with E-state index >= 15 is 0 Å². The molecule has 0 radical (unpaired) electrons. The molecule has 1 aromatic carbocycles. The monoisotopic (exact) mass is 216 g/mol. The average molecular weight is 217 g/mol. The Morgan fingerprint density at radius 1 is 1.15 bits per heavy atom. The fraction of sp³-hybridized carbons (Fsp3) is 0.400. The van der Waals surface area contributed by atoms with Crippen LogP contribution in [0.25, 0.3) is 0 Å². The van der Waals surface area contributed by atoms with E-state index < -0.39 is 0 Å². The van der Waals surface area contributed by atoms with Crippen LogP contribution in [0.4, 0.5) is 0 Å². The van der Waals surface area contributed by atoms with Gasteiger partial charge in [-0.05, 0) is 23.1 Å². The van der Waals surface area contributed by atoms with Gasteiger partial charge in [-0.2, -0.15) is 0 Å². The van der Waals surface area contributed by atoms with Crippen LogP contribution >= 0.6 is 21.9 Å². The van der Waals surface area contributed by atoms with Crippen LogP contribution in [0.2, 0.25) is 0 Å². The van der Waals surface area contributed by atoms with E-state index in [0.29, 0.717) is 0 Å². The van der Waals surface area contributed by atoms with E-state index in [2.05, 4.69) is 32.9 Å². The Labute approximate surface area is 88.1 Å². The lowest BCUT2D eigenvalue weighted by Gasteiger charge is -2.18. The van der Waals surface area contributed by atoms with Crippen molar-refractivity contribution >= 4 is 21.9 Å². The lowest BCUT2D eigenvalue weighted by molar-refractivity contribution is 0.587. The molecular formula is C10H13ClOS. The van der Waals surface area contributed by atoms with Crippen molar-refractivity contribution in [1.82, 2.24) is 0 Å². The van der Waals surface area contributed by atoms with Crippen molar-refractivity contribution < 1.29 is 4.18 Å². The van der Waals surface area contributed by atoms with Gasteiger partial charge in [0.1, 0.15) is 5.75 Å². The fourth-order valence-corrected chi connectivity index (χ4v) is 1.45. The zero-order chi connectivity index (χ0) is 9.90. The molecule has 0 unspecified atom stereocenters.